The van der Waals surface area contributed by atoms with Crippen LogP contribution in [0.3, 0.4) is 0 Å². The Kier molecular flexibility index (Phi) is 7.85. The second-order valence-corrected chi connectivity index (χ2v) is 7.57. The molecule has 3 aromatic rings. The number of nitrogens with one attached hydrogen (secondary N) is 3. The average molecular weight is 437 g/mol. The molecule has 0 fully saturated rings. The zero-order valence-electron chi connectivity index (χ0n) is 18.0. The summed E-state index contributed by atoms with van der Waals surface area (Å²) in [5.74, 6) is -1.13. The van der Waals surface area contributed by atoms with E-state index in [0.29, 0.717) is 12.8 Å². The third kappa shape index (κ3) is 6.10. The summed E-state index contributed by atoms with van der Waals surface area (Å²) in [4.78, 5) is 40.3. The third-order valence-corrected chi connectivity index (χ3v) is 5.16. The number of aromatic nitrogens is 1. The second-order valence-electron chi connectivity index (χ2n) is 7.57. The number of ether oxygens (including phenoxy) is 1. The highest BCUT2D eigenvalue weighted by atomic mass is 16.5. The van der Waals surface area contributed by atoms with Crippen molar-refractivity contribution in [2.75, 3.05) is 0 Å². The molecule has 2 aromatic carbocycles. The summed E-state index contributed by atoms with van der Waals surface area (Å²) in [6, 6.07) is 15.2. The Morgan fingerprint density at radius 1 is 1.00 bits per heavy atom. The predicted octanol–water partition coefficient (Wildman–Crippen LogP) is 2.78. The quantitative estimate of drug-likeness (QED) is 0.390. The second kappa shape index (κ2) is 11.0. The Bertz CT molecular complexity index is 1060. The molecule has 0 saturated heterocycles. The van der Waals surface area contributed by atoms with Crippen molar-refractivity contribution >= 4 is 28.8 Å². The lowest BCUT2D eigenvalue weighted by Gasteiger charge is -2.21. The van der Waals surface area contributed by atoms with Gasteiger partial charge in [-0.25, -0.2) is 4.79 Å². The van der Waals surface area contributed by atoms with Gasteiger partial charge in [0.15, 0.2) is 0 Å². The van der Waals surface area contributed by atoms with Crippen LogP contribution in [0, 0.1) is 0 Å². The van der Waals surface area contributed by atoms with Crippen molar-refractivity contribution in [3.8, 4) is 0 Å². The number of hydrogen-bond donors (Lipinski definition) is 4. The van der Waals surface area contributed by atoms with E-state index in [1.807, 2.05) is 61.5 Å². The summed E-state index contributed by atoms with van der Waals surface area (Å²) in [6.07, 6.45) is 2.39. The van der Waals surface area contributed by atoms with E-state index in [4.69, 9.17) is 10.5 Å². The van der Waals surface area contributed by atoms with Crippen LogP contribution >= 0.6 is 0 Å². The van der Waals surface area contributed by atoms with Crippen LogP contribution in [0.5, 0.6) is 0 Å². The molecule has 3 rings (SSSR count). The molecule has 0 aliphatic carbocycles. The maximum atomic E-state index is 12.9. The first-order valence-corrected chi connectivity index (χ1v) is 10.6. The van der Waals surface area contributed by atoms with Gasteiger partial charge in [-0.05, 0) is 23.6 Å². The number of aromatic amines is 1. The van der Waals surface area contributed by atoms with Crippen molar-refractivity contribution in [2.24, 2.45) is 5.73 Å². The Labute approximate surface area is 186 Å². The molecule has 5 N–H and O–H groups in total. The first kappa shape index (κ1) is 22.9. The number of hydrogen-bond acceptors (Lipinski definition) is 4. The summed E-state index contributed by atoms with van der Waals surface area (Å²) >= 11 is 0. The van der Waals surface area contributed by atoms with Crippen LogP contribution in [0.1, 0.15) is 30.9 Å². The summed E-state index contributed by atoms with van der Waals surface area (Å²) in [5, 5.41) is 6.23. The van der Waals surface area contributed by atoms with Gasteiger partial charge in [0.05, 0.1) is 0 Å². The molecule has 8 nitrogen and oxygen atoms in total. The van der Waals surface area contributed by atoms with Crippen molar-refractivity contribution in [1.82, 2.24) is 15.6 Å². The standard InChI is InChI=1S/C24H28N4O4/c1-2-8-20(28-24(31)32-15-16-9-4-3-5-10-16)23(30)27-21(22(25)29)13-17-14-26-19-12-7-6-11-18(17)19/h3-7,9-12,14,20-21,26H,2,8,13,15H2,1H3,(H2,25,29)(H,27,30)(H,28,31)/t20-,21+/m0/s1. The minimum absolute atomic E-state index is 0.0949. The van der Waals surface area contributed by atoms with Crippen LogP contribution in [-0.2, 0) is 27.4 Å². The molecule has 3 amide bonds. The number of carbonyl (C=O) groups is 3. The van der Waals surface area contributed by atoms with Gasteiger partial charge in [-0.1, -0.05) is 61.9 Å². The Hall–Kier alpha value is -3.81. The van der Waals surface area contributed by atoms with Crippen molar-refractivity contribution < 1.29 is 19.1 Å². The number of primary amides is 1. The molecular weight excluding hydrogens is 408 g/mol. The SMILES string of the molecule is CCC[C@H](NC(=O)OCc1ccccc1)C(=O)N[C@H](Cc1c[nH]c2ccccc12)C(N)=O. The maximum absolute atomic E-state index is 12.9. The zero-order chi connectivity index (χ0) is 22.9. The summed E-state index contributed by atoms with van der Waals surface area (Å²) in [6.45, 7) is 1.99. The van der Waals surface area contributed by atoms with E-state index in [2.05, 4.69) is 15.6 Å². The fourth-order valence-electron chi connectivity index (χ4n) is 3.48. The lowest BCUT2D eigenvalue weighted by molar-refractivity contribution is -0.128. The van der Waals surface area contributed by atoms with E-state index < -0.39 is 30.0 Å². The van der Waals surface area contributed by atoms with E-state index in [1.165, 1.54) is 0 Å². The summed E-state index contributed by atoms with van der Waals surface area (Å²) in [5.41, 5.74) is 8.20. The monoisotopic (exact) mass is 436 g/mol. The lowest BCUT2D eigenvalue weighted by Crippen LogP contribution is -2.53. The molecule has 168 valence electrons. The van der Waals surface area contributed by atoms with Crippen molar-refractivity contribution in [3.05, 3.63) is 71.9 Å². The fourth-order valence-corrected chi connectivity index (χ4v) is 3.48. The maximum Gasteiger partial charge on any atom is 0.408 e. The molecule has 0 saturated carbocycles. The van der Waals surface area contributed by atoms with Gasteiger partial charge in [-0.3, -0.25) is 9.59 Å². The number of fused-ring (bicyclic) bond motifs is 1. The molecule has 2 atom stereocenters. The van der Waals surface area contributed by atoms with Gasteiger partial charge >= 0.3 is 6.09 Å². The number of rotatable bonds is 10. The van der Waals surface area contributed by atoms with E-state index >= 15 is 0 Å². The Morgan fingerprint density at radius 2 is 1.72 bits per heavy atom. The van der Waals surface area contributed by atoms with Crippen LogP contribution < -0.4 is 16.4 Å². The number of para-hydroxylation sites is 1. The van der Waals surface area contributed by atoms with Crippen molar-refractivity contribution in [1.29, 1.82) is 0 Å². The smallest absolute Gasteiger partial charge is 0.408 e. The van der Waals surface area contributed by atoms with Gasteiger partial charge < -0.3 is 26.1 Å². The van der Waals surface area contributed by atoms with Crippen molar-refractivity contribution in [2.45, 2.75) is 44.9 Å². The molecule has 32 heavy (non-hydrogen) atoms. The van der Waals surface area contributed by atoms with Crippen LogP contribution in [0.25, 0.3) is 10.9 Å². The summed E-state index contributed by atoms with van der Waals surface area (Å²) in [7, 11) is 0. The first-order valence-electron chi connectivity index (χ1n) is 10.6. The average Bonchev–Trinajstić information content (AvgIpc) is 3.20. The molecule has 1 aromatic heterocycles. The third-order valence-electron chi connectivity index (χ3n) is 5.16. The normalized spacial score (nSPS) is 12.7. The molecule has 0 radical (unpaired) electrons. The van der Waals surface area contributed by atoms with Gasteiger partial charge in [0.1, 0.15) is 18.7 Å². The Morgan fingerprint density at radius 3 is 2.44 bits per heavy atom. The number of carbonyl (C=O) groups excluding carboxylic acids is 3. The van der Waals surface area contributed by atoms with E-state index in [-0.39, 0.29) is 13.0 Å². The first-order chi connectivity index (χ1) is 15.5. The number of alkyl carbamates (subject to hydrolysis) is 1. The minimum atomic E-state index is -0.914. The fraction of sp³-hybridized carbons (Fsp3) is 0.292. The molecule has 0 aliphatic rings. The van der Waals surface area contributed by atoms with E-state index in [1.54, 1.807) is 6.20 Å². The molecule has 0 bridgehead atoms. The van der Waals surface area contributed by atoms with E-state index in [9.17, 15) is 14.4 Å². The molecule has 0 spiro atoms. The highest BCUT2D eigenvalue weighted by molar-refractivity contribution is 5.91. The predicted molar refractivity (Wildman–Crippen MR) is 122 cm³/mol. The Balaban J connectivity index is 1.62. The molecule has 0 unspecified atom stereocenters. The zero-order valence-corrected chi connectivity index (χ0v) is 18.0. The topological polar surface area (TPSA) is 126 Å². The molecule has 1 heterocycles. The molecule has 8 heteroatoms. The van der Waals surface area contributed by atoms with Crippen LogP contribution in [0.15, 0.2) is 60.8 Å². The minimum Gasteiger partial charge on any atom is -0.445 e. The molecular formula is C24H28N4O4. The number of nitrogens with two attached hydrogens (primary N) is 1. The number of amides is 3. The van der Waals surface area contributed by atoms with Gasteiger partial charge in [0.2, 0.25) is 11.8 Å². The van der Waals surface area contributed by atoms with E-state index in [0.717, 1.165) is 22.0 Å². The van der Waals surface area contributed by atoms with Crippen molar-refractivity contribution in [3.63, 3.8) is 0 Å². The number of benzene rings is 2. The van der Waals surface area contributed by atoms with Crippen LogP contribution in [-0.4, -0.2) is 35.0 Å². The highest BCUT2D eigenvalue weighted by Crippen LogP contribution is 2.19. The van der Waals surface area contributed by atoms with Gasteiger partial charge in [0, 0.05) is 23.5 Å². The lowest BCUT2D eigenvalue weighted by atomic mass is 10.0. The van der Waals surface area contributed by atoms with Gasteiger partial charge in [0.25, 0.3) is 0 Å². The van der Waals surface area contributed by atoms with Gasteiger partial charge in [-0.2, -0.15) is 0 Å². The van der Waals surface area contributed by atoms with Gasteiger partial charge in [-0.15, -0.1) is 0 Å². The molecule has 0 aliphatic heterocycles. The van der Waals surface area contributed by atoms with Crippen LogP contribution in [0.2, 0.25) is 0 Å². The number of H-pyrrole nitrogens is 1. The largest absolute Gasteiger partial charge is 0.445 e. The van der Waals surface area contributed by atoms with Crippen LogP contribution in [0.4, 0.5) is 4.79 Å². The highest BCUT2D eigenvalue weighted by Gasteiger charge is 2.26. The summed E-state index contributed by atoms with van der Waals surface area (Å²) < 4.78 is 5.22.